The van der Waals surface area contributed by atoms with Gasteiger partial charge in [0, 0.05) is 37.5 Å². The first kappa shape index (κ1) is 15.5. The lowest BCUT2D eigenvalue weighted by atomic mass is 10.3. The van der Waals surface area contributed by atoms with Crippen LogP contribution in [0.2, 0.25) is 0 Å². The van der Waals surface area contributed by atoms with Gasteiger partial charge in [-0.25, -0.2) is 4.63 Å². The number of hydrogen-bond acceptors (Lipinski definition) is 9. The van der Waals surface area contributed by atoms with E-state index in [1.165, 1.54) is 12.1 Å². The van der Waals surface area contributed by atoms with Crippen molar-refractivity contribution in [2.24, 2.45) is 0 Å². The van der Waals surface area contributed by atoms with Crippen LogP contribution in [0.25, 0.3) is 0 Å². The van der Waals surface area contributed by atoms with E-state index < -0.39 is 4.92 Å². The van der Waals surface area contributed by atoms with E-state index in [2.05, 4.69) is 25.6 Å². The van der Waals surface area contributed by atoms with Crippen LogP contribution in [0.1, 0.15) is 0 Å². The van der Waals surface area contributed by atoms with Gasteiger partial charge in [-0.15, -0.1) is 0 Å². The summed E-state index contributed by atoms with van der Waals surface area (Å²) in [6.45, 7) is 2.36. The minimum absolute atomic E-state index is 0.0717. The number of hydrogen-bond donors (Lipinski definition) is 3. The predicted octanol–water partition coefficient (Wildman–Crippen LogP) is 0.640. The van der Waals surface area contributed by atoms with E-state index in [0.717, 1.165) is 5.69 Å². The fraction of sp³-hybridized carbons (Fsp3) is 0.333. The number of benzene rings is 1. The maximum absolute atomic E-state index is 10.5. The summed E-state index contributed by atoms with van der Waals surface area (Å²) in [6, 6.07) is 6.25. The highest BCUT2D eigenvalue weighted by molar-refractivity contribution is 5.48. The molecule has 0 aliphatic heterocycles. The van der Waals surface area contributed by atoms with Crippen LogP contribution in [0.3, 0.4) is 0 Å². The van der Waals surface area contributed by atoms with Gasteiger partial charge >= 0.3 is 0 Å². The molecule has 0 fully saturated rings. The summed E-state index contributed by atoms with van der Waals surface area (Å²) in [5.41, 5.74) is 6.33. The number of nitrogen functional groups attached to an aromatic ring is 1. The van der Waals surface area contributed by atoms with Crippen LogP contribution in [0.4, 0.5) is 17.2 Å². The fourth-order valence-electron chi connectivity index (χ4n) is 1.63. The molecule has 0 saturated heterocycles. The quantitative estimate of drug-likeness (QED) is 0.345. The summed E-state index contributed by atoms with van der Waals surface area (Å²) in [5.74, 6) is 0.311. The first-order valence-electron chi connectivity index (χ1n) is 6.56. The highest BCUT2D eigenvalue weighted by atomic mass is 16.6. The highest BCUT2D eigenvalue weighted by Gasteiger charge is 2.06. The van der Waals surface area contributed by atoms with Gasteiger partial charge in [0.15, 0.2) is 0 Å². The van der Waals surface area contributed by atoms with E-state index in [-0.39, 0.29) is 17.4 Å². The summed E-state index contributed by atoms with van der Waals surface area (Å²) < 4.78 is 9.63. The van der Waals surface area contributed by atoms with Crippen LogP contribution in [0.5, 0.6) is 5.88 Å². The van der Waals surface area contributed by atoms with E-state index >= 15 is 0 Å². The standard InChI is InChI=1S/C12H16N6O4/c13-11-12(17-22-16-11)21-8-7-14-5-6-15-9-1-3-10(4-2-9)18(19)20/h1-4,14-15H,5-8H2,(H2,13,16). The van der Waals surface area contributed by atoms with E-state index in [1.807, 2.05) is 0 Å². The van der Waals surface area contributed by atoms with Crippen LogP contribution in [-0.2, 0) is 0 Å². The van der Waals surface area contributed by atoms with E-state index in [1.54, 1.807) is 12.1 Å². The maximum atomic E-state index is 10.5. The van der Waals surface area contributed by atoms with Crippen molar-refractivity contribution >= 4 is 17.2 Å². The van der Waals surface area contributed by atoms with Crippen LogP contribution < -0.4 is 21.1 Å². The molecule has 2 aromatic rings. The van der Waals surface area contributed by atoms with Crippen molar-refractivity contribution in [1.82, 2.24) is 15.6 Å². The van der Waals surface area contributed by atoms with Gasteiger partial charge in [-0.1, -0.05) is 0 Å². The fourth-order valence-corrected chi connectivity index (χ4v) is 1.63. The van der Waals surface area contributed by atoms with Crippen LogP contribution in [0, 0.1) is 10.1 Å². The lowest BCUT2D eigenvalue weighted by molar-refractivity contribution is -0.384. The molecule has 0 radical (unpaired) electrons. The van der Waals surface area contributed by atoms with Gasteiger partial charge in [-0.05, 0) is 22.4 Å². The molecule has 0 atom stereocenters. The van der Waals surface area contributed by atoms with Crippen LogP contribution in [-0.4, -0.2) is 41.5 Å². The Labute approximate surface area is 125 Å². The number of rotatable bonds is 9. The SMILES string of the molecule is Nc1nonc1OCCNCCNc1ccc([N+](=O)[O-])cc1. The number of aromatic nitrogens is 2. The van der Waals surface area contributed by atoms with Crippen molar-refractivity contribution in [2.45, 2.75) is 0 Å². The molecule has 10 heteroatoms. The third-order valence-electron chi connectivity index (χ3n) is 2.71. The number of nitro benzene ring substituents is 1. The molecule has 2 rings (SSSR count). The third-order valence-corrected chi connectivity index (χ3v) is 2.71. The Kier molecular flexibility index (Phi) is 5.49. The molecule has 0 aliphatic carbocycles. The van der Waals surface area contributed by atoms with Crippen molar-refractivity contribution in [3.05, 3.63) is 34.4 Å². The van der Waals surface area contributed by atoms with Gasteiger partial charge in [-0.2, -0.15) is 0 Å². The van der Waals surface area contributed by atoms with Crippen LogP contribution >= 0.6 is 0 Å². The molecule has 1 aromatic carbocycles. The van der Waals surface area contributed by atoms with Gasteiger partial charge in [0.05, 0.1) is 4.92 Å². The molecule has 1 aromatic heterocycles. The minimum atomic E-state index is -0.428. The zero-order valence-corrected chi connectivity index (χ0v) is 11.7. The second-order valence-electron chi connectivity index (χ2n) is 4.28. The van der Waals surface area contributed by atoms with E-state index in [9.17, 15) is 10.1 Å². The van der Waals surface area contributed by atoms with Crippen molar-refractivity contribution in [1.29, 1.82) is 0 Å². The molecule has 0 amide bonds. The Bertz CT molecular complexity index is 600. The molecule has 4 N–H and O–H groups in total. The molecule has 10 nitrogen and oxygen atoms in total. The van der Waals surface area contributed by atoms with E-state index in [4.69, 9.17) is 10.5 Å². The van der Waals surface area contributed by atoms with Gasteiger partial charge in [0.2, 0.25) is 5.82 Å². The van der Waals surface area contributed by atoms with Crippen molar-refractivity contribution in [2.75, 3.05) is 37.3 Å². The maximum Gasteiger partial charge on any atom is 0.300 e. The number of nitrogens with zero attached hydrogens (tertiary/aromatic N) is 3. The minimum Gasteiger partial charge on any atom is -0.471 e. The Morgan fingerprint density at radius 1 is 1.23 bits per heavy atom. The number of nitrogens with one attached hydrogen (secondary N) is 2. The number of non-ortho nitro benzene ring substituents is 1. The zero-order valence-electron chi connectivity index (χ0n) is 11.7. The zero-order chi connectivity index (χ0) is 15.8. The number of nitrogens with two attached hydrogens (primary N) is 1. The molecule has 0 aliphatic rings. The normalized spacial score (nSPS) is 10.4. The second kappa shape index (κ2) is 7.78. The number of ether oxygens (including phenoxy) is 1. The van der Waals surface area contributed by atoms with Gasteiger partial charge in [0.1, 0.15) is 6.61 Å². The van der Waals surface area contributed by atoms with Crippen molar-refractivity contribution < 1.29 is 14.3 Å². The Morgan fingerprint density at radius 2 is 2.00 bits per heavy atom. The summed E-state index contributed by atoms with van der Waals surface area (Å²) in [6.07, 6.45) is 0. The predicted molar refractivity (Wildman–Crippen MR) is 78.7 cm³/mol. The Morgan fingerprint density at radius 3 is 2.64 bits per heavy atom. The number of nitro groups is 1. The van der Waals surface area contributed by atoms with Crippen molar-refractivity contribution in [3.63, 3.8) is 0 Å². The molecule has 0 unspecified atom stereocenters. The molecule has 22 heavy (non-hydrogen) atoms. The lowest BCUT2D eigenvalue weighted by Crippen LogP contribution is -2.26. The summed E-state index contributed by atoms with van der Waals surface area (Å²) in [7, 11) is 0. The van der Waals surface area contributed by atoms with Crippen molar-refractivity contribution in [3.8, 4) is 5.88 Å². The van der Waals surface area contributed by atoms with Gasteiger partial charge in [-0.3, -0.25) is 10.1 Å². The largest absolute Gasteiger partial charge is 0.471 e. The second-order valence-corrected chi connectivity index (χ2v) is 4.28. The third kappa shape index (κ3) is 4.59. The summed E-state index contributed by atoms with van der Waals surface area (Å²) in [5, 5.41) is 23.7. The highest BCUT2D eigenvalue weighted by Crippen LogP contribution is 2.15. The number of anilines is 2. The molecule has 0 bridgehead atoms. The van der Waals surface area contributed by atoms with E-state index in [0.29, 0.717) is 26.2 Å². The average molecular weight is 308 g/mol. The molecular weight excluding hydrogens is 292 g/mol. The monoisotopic (exact) mass is 308 g/mol. The summed E-state index contributed by atoms with van der Waals surface area (Å²) in [4.78, 5) is 10.1. The molecular formula is C12H16N6O4. The van der Waals surface area contributed by atoms with Crippen LogP contribution in [0.15, 0.2) is 28.9 Å². The first-order valence-corrected chi connectivity index (χ1v) is 6.56. The smallest absolute Gasteiger partial charge is 0.300 e. The molecule has 118 valence electrons. The lowest BCUT2D eigenvalue weighted by Gasteiger charge is -2.07. The molecule has 0 spiro atoms. The summed E-state index contributed by atoms with van der Waals surface area (Å²) >= 11 is 0. The van der Waals surface area contributed by atoms with Gasteiger partial charge in [0.25, 0.3) is 11.6 Å². The average Bonchev–Trinajstić information content (AvgIpc) is 2.92. The van der Waals surface area contributed by atoms with Gasteiger partial charge < -0.3 is 21.1 Å². The molecule has 0 saturated carbocycles. The Hall–Kier alpha value is -2.88. The first-order chi connectivity index (χ1) is 10.7. The topological polar surface area (TPSA) is 141 Å². The molecule has 1 heterocycles. The Balaban J connectivity index is 1.55.